The molecule has 0 aliphatic heterocycles. The van der Waals surface area contributed by atoms with Crippen molar-refractivity contribution in [2.24, 2.45) is 0 Å². The van der Waals surface area contributed by atoms with Crippen LogP contribution in [0.1, 0.15) is 32.8 Å². The molecule has 0 saturated carbocycles. The third kappa shape index (κ3) is 3.25. The summed E-state index contributed by atoms with van der Waals surface area (Å²) in [6, 6.07) is 6.82. The number of benzene rings is 1. The molecule has 0 radical (unpaired) electrons. The van der Waals surface area contributed by atoms with Gasteiger partial charge in [-0.15, -0.1) is 11.6 Å². The summed E-state index contributed by atoms with van der Waals surface area (Å²) in [7, 11) is -3.42. The van der Waals surface area contributed by atoms with Crippen LogP contribution in [-0.2, 0) is 15.9 Å². The van der Waals surface area contributed by atoms with E-state index >= 15 is 0 Å². The van der Waals surface area contributed by atoms with Gasteiger partial charge in [0.15, 0.2) is 0 Å². The topological polar surface area (TPSA) is 37.4 Å². The zero-order valence-corrected chi connectivity index (χ0v) is 12.6. The van der Waals surface area contributed by atoms with Crippen LogP contribution in [0, 0.1) is 0 Å². The molecule has 0 heterocycles. The fraction of sp³-hybridized carbons (Fsp3) is 0.538. The highest BCUT2D eigenvalue weighted by atomic mass is 35.5. The minimum Gasteiger partial charge on any atom is -0.207 e. The van der Waals surface area contributed by atoms with Crippen molar-refractivity contribution in [3.05, 3.63) is 29.8 Å². The van der Waals surface area contributed by atoms with Gasteiger partial charge in [0.05, 0.1) is 4.90 Å². The van der Waals surface area contributed by atoms with Crippen molar-refractivity contribution >= 4 is 21.6 Å². The Morgan fingerprint density at radius 2 is 2.00 bits per heavy atom. The van der Waals surface area contributed by atoms with Gasteiger partial charge in [0.2, 0.25) is 10.0 Å². The first kappa shape index (κ1) is 15.5. The van der Waals surface area contributed by atoms with Crippen LogP contribution in [0.25, 0.3) is 0 Å². The Balaban J connectivity index is 3.18. The summed E-state index contributed by atoms with van der Waals surface area (Å²) in [4.78, 5) is 0.322. The molecule has 0 aromatic heterocycles. The monoisotopic (exact) mass is 289 g/mol. The predicted octanol–water partition coefficient (Wildman–Crippen LogP) is 3.23. The van der Waals surface area contributed by atoms with Gasteiger partial charge in [-0.1, -0.05) is 26.0 Å². The molecule has 5 heteroatoms. The molecule has 1 aromatic carbocycles. The second-order valence-electron chi connectivity index (χ2n) is 4.25. The smallest absolute Gasteiger partial charge is 0.207 e. The number of sulfonamides is 1. The van der Waals surface area contributed by atoms with Crippen molar-refractivity contribution < 1.29 is 8.42 Å². The van der Waals surface area contributed by atoms with Crippen molar-refractivity contribution in [2.75, 3.05) is 6.54 Å². The van der Waals surface area contributed by atoms with Crippen molar-refractivity contribution in [1.82, 2.24) is 4.31 Å². The van der Waals surface area contributed by atoms with Gasteiger partial charge < -0.3 is 0 Å². The maximum atomic E-state index is 12.5. The first-order valence-corrected chi connectivity index (χ1v) is 8.11. The third-order valence-electron chi connectivity index (χ3n) is 3.05. The van der Waals surface area contributed by atoms with Crippen molar-refractivity contribution in [2.45, 2.75) is 44.0 Å². The first-order chi connectivity index (χ1) is 8.47. The number of hydrogen-bond acceptors (Lipinski definition) is 2. The van der Waals surface area contributed by atoms with Gasteiger partial charge in [-0.25, -0.2) is 8.42 Å². The average Bonchev–Trinajstić information content (AvgIpc) is 2.39. The molecule has 102 valence electrons. The Labute approximate surface area is 115 Å². The number of rotatable bonds is 6. The molecular formula is C13H20ClNO2S. The van der Waals surface area contributed by atoms with Gasteiger partial charge in [0.1, 0.15) is 0 Å². The van der Waals surface area contributed by atoms with Crippen LogP contribution < -0.4 is 0 Å². The van der Waals surface area contributed by atoms with Crippen LogP contribution in [0.4, 0.5) is 0 Å². The zero-order chi connectivity index (χ0) is 13.8. The molecule has 1 atom stereocenters. The van der Waals surface area contributed by atoms with Crippen molar-refractivity contribution in [3.8, 4) is 0 Å². The Bertz CT molecular complexity index is 488. The van der Waals surface area contributed by atoms with E-state index in [1.165, 1.54) is 4.31 Å². The molecule has 0 aliphatic rings. The summed E-state index contributed by atoms with van der Waals surface area (Å²) in [5.41, 5.74) is 0.818. The summed E-state index contributed by atoms with van der Waals surface area (Å²) in [5.74, 6) is 0.318. The van der Waals surface area contributed by atoms with Crippen LogP contribution >= 0.6 is 11.6 Å². The molecule has 1 aromatic rings. The lowest BCUT2D eigenvalue weighted by Gasteiger charge is -2.26. The van der Waals surface area contributed by atoms with Crippen LogP contribution in [0.5, 0.6) is 0 Å². The summed E-state index contributed by atoms with van der Waals surface area (Å²) >= 11 is 5.74. The highest BCUT2D eigenvalue weighted by Gasteiger charge is 2.26. The highest BCUT2D eigenvalue weighted by Crippen LogP contribution is 2.20. The predicted molar refractivity (Wildman–Crippen MR) is 75.3 cm³/mol. The Morgan fingerprint density at radius 1 is 1.33 bits per heavy atom. The summed E-state index contributed by atoms with van der Waals surface area (Å²) in [6.45, 7) is 6.24. The SMILES string of the molecule is CCC(C)N(CC)S(=O)(=O)c1cccc(CCl)c1. The van der Waals surface area contributed by atoms with Gasteiger partial charge in [0.25, 0.3) is 0 Å². The van der Waals surface area contributed by atoms with E-state index in [-0.39, 0.29) is 6.04 Å². The summed E-state index contributed by atoms with van der Waals surface area (Å²) in [5, 5.41) is 0. The highest BCUT2D eigenvalue weighted by molar-refractivity contribution is 7.89. The van der Waals surface area contributed by atoms with Gasteiger partial charge in [-0.2, -0.15) is 4.31 Å². The largest absolute Gasteiger partial charge is 0.243 e. The van der Waals surface area contributed by atoms with E-state index in [9.17, 15) is 8.42 Å². The van der Waals surface area contributed by atoms with Gasteiger partial charge in [-0.05, 0) is 31.0 Å². The normalized spacial score (nSPS) is 13.8. The zero-order valence-electron chi connectivity index (χ0n) is 11.1. The summed E-state index contributed by atoms with van der Waals surface area (Å²) in [6.07, 6.45) is 0.794. The Hall–Kier alpha value is -0.580. The molecule has 1 unspecified atom stereocenters. The molecule has 1 rings (SSSR count). The lowest BCUT2D eigenvalue weighted by Crippen LogP contribution is -2.38. The standard InChI is InChI=1S/C13H20ClNO2S/c1-4-11(3)15(5-2)18(16,17)13-8-6-7-12(9-13)10-14/h6-9,11H,4-5,10H2,1-3H3. The second kappa shape index (κ2) is 6.55. The Kier molecular flexibility index (Phi) is 5.63. The fourth-order valence-electron chi connectivity index (χ4n) is 1.85. The molecule has 0 spiro atoms. The van der Waals surface area contributed by atoms with E-state index in [4.69, 9.17) is 11.6 Å². The van der Waals surface area contributed by atoms with Gasteiger partial charge in [0, 0.05) is 18.5 Å². The molecule has 0 amide bonds. The van der Waals surface area contributed by atoms with Gasteiger partial charge >= 0.3 is 0 Å². The van der Waals surface area contributed by atoms with Gasteiger partial charge in [-0.3, -0.25) is 0 Å². The van der Waals surface area contributed by atoms with E-state index < -0.39 is 10.0 Å². The molecule has 3 nitrogen and oxygen atoms in total. The number of nitrogens with zero attached hydrogens (tertiary/aromatic N) is 1. The Morgan fingerprint density at radius 3 is 2.50 bits per heavy atom. The molecule has 0 aliphatic carbocycles. The quantitative estimate of drug-likeness (QED) is 0.754. The minimum absolute atomic E-state index is 0.000317. The number of halogens is 1. The van der Waals surface area contributed by atoms with E-state index in [1.54, 1.807) is 18.2 Å². The lowest BCUT2D eigenvalue weighted by atomic mass is 10.2. The average molecular weight is 290 g/mol. The molecular weight excluding hydrogens is 270 g/mol. The molecule has 0 saturated heterocycles. The van der Waals surface area contributed by atoms with Crippen LogP contribution in [0.15, 0.2) is 29.2 Å². The van der Waals surface area contributed by atoms with E-state index in [2.05, 4.69) is 0 Å². The van der Waals surface area contributed by atoms with E-state index in [0.717, 1.165) is 12.0 Å². The van der Waals surface area contributed by atoms with Crippen LogP contribution in [-0.4, -0.2) is 25.3 Å². The lowest BCUT2D eigenvalue weighted by molar-refractivity contribution is 0.342. The van der Waals surface area contributed by atoms with Crippen LogP contribution in [0.2, 0.25) is 0 Å². The maximum absolute atomic E-state index is 12.5. The molecule has 0 bridgehead atoms. The van der Waals surface area contributed by atoms with Crippen LogP contribution in [0.3, 0.4) is 0 Å². The first-order valence-electron chi connectivity index (χ1n) is 6.14. The van der Waals surface area contributed by atoms with E-state index in [1.807, 2.05) is 26.8 Å². The van der Waals surface area contributed by atoms with E-state index in [0.29, 0.717) is 17.3 Å². The number of alkyl halides is 1. The molecule has 0 fully saturated rings. The van der Waals surface area contributed by atoms with Crippen molar-refractivity contribution in [1.29, 1.82) is 0 Å². The molecule has 18 heavy (non-hydrogen) atoms. The molecule has 0 N–H and O–H groups in total. The maximum Gasteiger partial charge on any atom is 0.243 e. The second-order valence-corrected chi connectivity index (χ2v) is 6.40. The third-order valence-corrected chi connectivity index (χ3v) is 5.45. The summed E-state index contributed by atoms with van der Waals surface area (Å²) < 4.78 is 26.6. The van der Waals surface area contributed by atoms with Crippen molar-refractivity contribution in [3.63, 3.8) is 0 Å². The number of hydrogen-bond donors (Lipinski definition) is 0. The minimum atomic E-state index is -3.42. The fourth-order valence-corrected chi connectivity index (χ4v) is 3.80.